The number of piperidine rings is 1. The molecule has 4 nitrogen and oxygen atoms in total. The lowest BCUT2D eigenvalue weighted by Gasteiger charge is -2.41. The molecule has 0 bridgehead atoms. The molecule has 1 aliphatic rings. The molecule has 1 fully saturated rings. The van der Waals surface area contributed by atoms with Gasteiger partial charge in [0.15, 0.2) is 0 Å². The smallest absolute Gasteiger partial charge is 0.305 e. The number of likely N-dealkylation sites (tertiary alicyclic amines) is 1. The molecule has 1 aliphatic heterocycles. The highest BCUT2D eigenvalue weighted by atomic mass is 16.5. The van der Waals surface area contributed by atoms with Gasteiger partial charge < -0.3 is 10.1 Å². The average molecular weight is 298 g/mol. The van der Waals surface area contributed by atoms with Crippen molar-refractivity contribution in [1.29, 1.82) is 0 Å². The van der Waals surface area contributed by atoms with E-state index in [1.54, 1.807) is 0 Å². The minimum Gasteiger partial charge on any atom is -0.469 e. The van der Waals surface area contributed by atoms with E-state index in [1.807, 2.05) is 0 Å². The number of nitrogens with one attached hydrogen (secondary N) is 1. The van der Waals surface area contributed by atoms with Crippen molar-refractivity contribution in [2.75, 3.05) is 26.7 Å². The van der Waals surface area contributed by atoms with Crippen molar-refractivity contribution >= 4 is 5.97 Å². The van der Waals surface area contributed by atoms with Gasteiger partial charge in [0.05, 0.1) is 7.11 Å². The van der Waals surface area contributed by atoms with E-state index in [4.69, 9.17) is 4.74 Å². The van der Waals surface area contributed by atoms with Gasteiger partial charge in [0.2, 0.25) is 0 Å². The van der Waals surface area contributed by atoms with Crippen LogP contribution in [0.1, 0.15) is 53.9 Å². The molecule has 1 saturated heterocycles. The number of nitrogens with zero attached hydrogens (tertiary/aromatic N) is 1. The van der Waals surface area contributed by atoms with Gasteiger partial charge in [-0.05, 0) is 38.0 Å². The van der Waals surface area contributed by atoms with Crippen LogP contribution in [0, 0.1) is 11.3 Å². The Hall–Kier alpha value is -0.610. The van der Waals surface area contributed by atoms with Crippen LogP contribution in [0.25, 0.3) is 0 Å². The number of rotatable bonds is 6. The fourth-order valence-electron chi connectivity index (χ4n) is 2.89. The maximum Gasteiger partial charge on any atom is 0.305 e. The van der Waals surface area contributed by atoms with Crippen LogP contribution in [0.4, 0.5) is 0 Å². The second kappa shape index (κ2) is 8.14. The molecule has 0 aromatic heterocycles. The van der Waals surface area contributed by atoms with E-state index < -0.39 is 0 Å². The molecule has 0 aliphatic carbocycles. The first-order chi connectivity index (χ1) is 9.71. The third-order valence-corrected chi connectivity index (χ3v) is 4.20. The summed E-state index contributed by atoms with van der Waals surface area (Å²) < 4.78 is 4.77. The molecule has 1 heterocycles. The van der Waals surface area contributed by atoms with Crippen LogP contribution >= 0.6 is 0 Å². The van der Waals surface area contributed by atoms with Crippen LogP contribution in [0.5, 0.6) is 0 Å². The lowest BCUT2D eigenvalue weighted by Crippen LogP contribution is -2.52. The molecule has 2 unspecified atom stereocenters. The molecule has 2 atom stereocenters. The van der Waals surface area contributed by atoms with Crippen molar-refractivity contribution in [2.45, 2.75) is 66.0 Å². The van der Waals surface area contributed by atoms with Crippen molar-refractivity contribution in [1.82, 2.24) is 10.2 Å². The monoisotopic (exact) mass is 298 g/mol. The normalized spacial score (nSPS) is 24.3. The van der Waals surface area contributed by atoms with Gasteiger partial charge in [0.1, 0.15) is 0 Å². The molecule has 0 aromatic carbocycles. The lowest BCUT2D eigenvalue weighted by molar-refractivity contribution is -0.141. The van der Waals surface area contributed by atoms with Crippen molar-refractivity contribution in [3.63, 3.8) is 0 Å². The zero-order valence-electron chi connectivity index (χ0n) is 14.7. The molecule has 0 amide bonds. The molecule has 1 N–H and O–H groups in total. The highest BCUT2D eigenvalue weighted by Crippen LogP contribution is 2.24. The summed E-state index contributed by atoms with van der Waals surface area (Å²) in [6, 6.07) is 1.09. The quantitative estimate of drug-likeness (QED) is 0.766. The first kappa shape index (κ1) is 18.4. The number of hydrogen-bond acceptors (Lipinski definition) is 4. The Kier molecular flexibility index (Phi) is 7.14. The standard InChI is InChI=1S/C17H34N2O2/c1-13(2)19-10-14(7-8-16(20)21-6)9-15(11-19)18-12-17(3,4)5/h13-15,18H,7-12H2,1-6H3. The average Bonchev–Trinajstić information content (AvgIpc) is 2.41. The topological polar surface area (TPSA) is 41.6 Å². The third kappa shape index (κ3) is 7.28. The first-order valence-corrected chi connectivity index (χ1v) is 8.25. The summed E-state index contributed by atoms with van der Waals surface area (Å²) in [5.74, 6) is 0.494. The highest BCUT2D eigenvalue weighted by molar-refractivity contribution is 5.69. The maximum absolute atomic E-state index is 11.4. The van der Waals surface area contributed by atoms with E-state index in [9.17, 15) is 4.79 Å². The molecular weight excluding hydrogens is 264 g/mol. The number of carbonyl (C=O) groups excluding carboxylic acids is 1. The Morgan fingerprint density at radius 3 is 2.52 bits per heavy atom. The Balaban J connectivity index is 2.53. The molecule has 4 heteroatoms. The minimum absolute atomic E-state index is 0.0872. The molecule has 1 rings (SSSR count). The van der Waals surface area contributed by atoms with Gasteiger partial charge in [-0.15, -0.1) is 0 Å². The van der Waals surface area contributed by atoms with Crippen LogP contribution in [0.2, 0.25) is 0 Å². The summed E-state index contributed by atoms with van der Waals surface area (Å²) in [5, 5.41) is 3.72. The summed E-state index contributed by atoms with van der Waals surface area (Å²) in [6.07, 6.45) is 2.64. The fraction of sp³-hybridized carbons (Fsp3) is 0.941. The van der Waals surface area contributed by atoms with Crippen molar-refractivity contribution in [2.24, 2.45) is 11.3 Å². The summed E-state index contributed by atoms with van der Waals surface area (Å²) in [5.41, 5.74) is 0.307. The molecule has 0 aromatic rings. The molecule has 124 valence electrons. The van der Waals surface area contributed by atoms with Crippen LogP contribution in [0.3, 0.4) is 0 Å². The van der Waals surface area contributed by atoms with Gasteiger partial charge >= 0.3 is 5.97 Å². The van der Waals surface area contributed by atoms with Crippen LogP contribution < -0.4 is 5.32 Å². The van der Waals surface area contributed by atoms with Crippen LogP contribution in [-0.4, -0.2) is 49.7 Å². The van der Waals surface area contributed by atoms with Gasteiger partial charge in [-0.2, -0.15) is 0 Å². The third-order valence-electron chi connectivity index (χ3n) is 4.20. The number of hydrogen-bond donors (Lipinski definition) is 1. The van der Waals surface area contributed by atoms with Crippen molar-refractivity contribution in [3.05, 3.63) is 0 Å². The number of ether oxygens (including phenoxy) is 1. The Labute approximate surface area is 130 Å². The van der Waals surface area contributed by atoms with Gasteiger partial charge in [-0.3, -0.25) is 9.69 Å². The second-order valence-corrected chi connectivity index (χ2v) is 7.90. The maximum atomic E-state index is 11.4. The highest BCUT2D eigenvalue weighted by Gasteiger charge is 2.29. The van der Waals surface area contributed by atoms with E-state index in [2.05, 4.69) is 44.8 Å². The van der Waals surface area contributed by atoms with E-state index in [1.165, 1.54) is 7.11 Å². The SMILES string of the molecule is COC(=O)CCC1CC(NCC(C)(C)C)CN(C(C)C)C1. The summed E-state index contributed by atoms with van der Waals surface area (Å²) >= 11 is 0. The molecule has 0 radical (unpaired) electrons. The van der Waals surface area contributed by atoms with Gasteiger partial charge in [-0.25, -0.2) is 0 Å². The van der Waals surface area contributed by atoms with Crippen LogP contribution in [0.15, 0.2) is 0 Å². The van der Waals surface area contributed by atoms with Crippen LogP contribution in [-0.2, 0) is 9.53 Å². The van der Waals surface area contributed by atoms with Crippen molar-refractivity contribution < 1.29 is 9.53 Å². The van der Waals surface area contributed by atoms with Gasteiger partial charge in [0.25, 0.3) is 0 Å². The largest absolute Gasteiger partial charge is 0.469 e. The Morgan fingerprint density at radius 2 is 2.00 bits per heavy atom. The predicted octanol–water partition coefficient (Wildman–Crippen LogP) is 2.67. The number of carbonyl (C=O) groups is 1. The molecule has 0 saturated carbocycles. The van der Waals surface area contributed by atoms with E-state index in [0.717, 1.165) is 32.5 Å². The Morgan fingerprint density at radius 1 is 1.33 bits per heavy atom. The second-order valence-electron chi connectivity index (χ2n) is 7.90. The number of methoxy groups -OCH3 is 1. The fourth-order valence-corrected chi connectivity index (χ4v) is 2.89. The molecule has 21 heavy (non-hydrogen) atoms. The van der Waals surface area contributed by atoms with E-state index in [0.29, 0.717) is 29.8 Å². The first-order valence-electron chi connectivity index (χ1n) is 8.25. The van der Waals surface area contributed by atoms with E-state index in [-0.39, 0.29) is 5.97 Å². The summed E-state index contributed by atoms with van der Waals surface area (Å²) in [6.45, 7) is 14.5. The zero-order chi connectivity index (χ0) is 16.0. The lowest BCUT2D eigenvalue weighted by atomic mass is 9.88. The van der Waals surface area contributed by atoms with Crippen molar-refractivity contribution in [3.8, 4) is 0 Å². The predicted molar refractivity (Wildman–Crippen MR) is 87.3 cm³/mol. The van der Waals surface area contributed by atoms with Gasteiger partial charge in [0, 0.05) is 38.1 Å². The Bertz CT molecular complexity index is 323. The molecular formula is C17H34N2O2. The summed E-state index contributed by atoms with van der Waals surface area (Å²) in [4.78, 5) is 13.9. The molecule has 0 spiro atoms. The van der Waals surface area contributed by atoms with Gasteiger partial charge in [-0.1, -0.05) is 20.8 Å². The zero-order valence-corrected chi connectivity index (χ0v) is 14.7. The minimum atomic E-state index is -0.0872. The number of esters is 1. The summed E-state index contributed by atoms with van der Waals surface area (Å²) in [7, 11) is 1.47. The van der Waals surface area contributed by atoms with E-state index >= 15 is 0 Å².